The molecule has 1 aromatic carbocycles. The summed E-state index contributed by atoms with van der Waals surface area (Å²) in [7, 11) is 1.80. The summed E-state index contributed by atoms with van der Waals surface area (Å²) in [6.07, 6.45) is 0. The van der Waals surface area contributed by atoms with E-state index in [9.17, 15) is 9.18 Å². The highest BCUT2D eigenvalue weighted by molar-refractivity contribution is 5.85. The summed E-state index contributed by atoms with van der Waals surface area (Å²) >= 11 is 0. The summed E-state index contributed by atoms with van der Waals surface area (Å²) in [5.74, 6) is 0.0764. The Bertz CT molecular complexity index is 728. The van der Waals surface area contributed by atoms with Crippen molar-refractivity contribution in [2.24, 2.45) is 5.92 Å². The number of nitrogens with zero attached hydrogens (tertiary/aromatic N) is 2. The molecule has 1 N–H and O–H groups in total. The van der Waals surface area contributed by atoms with Crippen molar-refractivity contribution >= 4 is 12.4 Å². The maximum absolute atomic E-state index is 13.4. The van der Waals surface area contributed by atoms with Gasteiger partial charge < -0.3 is 5.32 Å². The third-order valence-electron chi connectivity index (χ3n) is 3.41. The smallest absolute Gasteiger partial charge is 0.271 e. The lowest BCUT2D eigenvalue weighted by atomic mass is 10.1. The molecular formula is C17H23ClFN3O. The number of hydrogen-bond acceptors (Lipinski definition) is 3. The van der Waals surface area contributed by atoms with Crippen LogP contribution >= 0.6 is 12.4 Å². The van der Waals surface area contributed by atoms with E-state index in [4.69, 9.17) is 0 Å². The van der Waals surface area contributed by atoms with E-state index in [0.717, 1.165) is 5.56 Å². The quantitative estimate of drug-likeness (QED) is 0.910. The monoisotopic (exact) mass is 339 g/mol. The zero-order valence-corrected chi connectivity index (χ0v) is 14.7. The molecule has 23 heavy (non-hydrogen) atoms. The van der Waals surface area contributed by atoms with E-state index in [1.807, 2.05) is 13.8 Å². The number of aromatic nitrogens is 2. The Hall–Kier alpha value is -1.72. The normalized spacial score (nSPS) is 10.7. The molecule has 0 aliphatic carbocycles. The van der Waals surface area contributed by atoms with E-state index in [0.29, 0.717) is 35.8 Å². The number of nitrogens with one attached hydrogen (secondary N) is 1. The molecule has 2 aromatic rings. The first kappa shape index (κ1) is 19.3. The van der Waals surface area contributed by atoms with E-state index in [2.05, 4.69) is 10.4 Å². The molecule has 6 heteroatoms. The van der Waals surface area contributed by atoms with Crippen LogP contribution in [0.4, 0.5) is 4.39 Å². The minimum atomic E-state index is -0.241. The fourth-order valence-electron chi connectivity index (χ4n) is 2.33. The Morgan fingerprint density at radius 1 is 1.30 bits per heavy atom. The van der Waals surface area contributed by atoms with E-state index >= 15 is 0 Å². The highest BCUT2D eigenvalue weighted by Gasteiger charge is 2.11. The first-order valence-corrected chi connectivity index (χ1v) is 7.44. The second-order valence-corrected chi connectivity index (χ2v) is 5.93. The number of rotatable bonds is 5. The van der Waals surface area contributed by atoms with Gasteiger partial charge in [-0.15, -0.1) is 12.4 Å². The zero-order chi connectivity index (χ0) is 16.3. The van der Waals surface area contributed by atoms with Gasteiger partial charge in [-0.2, -0.15) is 5.10 Å². The molecule has 0 saturated carbocycles. The average molecular weight is 340 g/mol. The maximum Gasteiger partial charge on any atom is 0.271 e. The Kier molecular flexibility index (Phi) is 6.91. The summed E-state index contributed by atoms with van der Waals surface area (Å²) in [6.45, 7) is 6.84. The third-order valence-corrected chi connectivity index (χ3v) is 3.41. The molecule has 126 valence electrons. The summed E-state index contributed by atoms with van der Waals surface area (Å²) < 4.78 is 14.9. The lowest BCUT2D eigenvalue weighted by Gasteiger charge is -2.13. The second-order valence-electron chi connectivity index (χ2n) is 5.93. The highest BCUT2D eigenvalue weighted by Crippen LogP contribution is 2.20. The largest absolute Gasteiger partial charge is 0.315 e. The van der Waals surface area contributed by atoms with Crippen molar-refractivity contribution in [3.8, 4) is 11.3 Å². The van der Waals surface area contributed by atoms with Crippen molar-refractivity contribution in [1.29, 1.82) is 0 Å². The van der Waals surface area contributed by atoms with Gasteiger partial charge in [0.1, 0.15) is 5.82 Å². The number of hydrogen-bond donors (Lipinski definition) is 1. The van der Waals surface area contributed by atoms with Crippen LogP contribution in [-0.2, 0) is 13.1 Å². The van der Waals surface area contributed by atoms with Crippen molar-refractivity contribution in [2.45, 2.75) is 33.9 Å². The fraction of sp³-hybridized carbons (Fsp3) is 0.412. The Morgan fingerprint density at radius 2 is 2.00 bits per heavy atom. The van der Waals surface area contributed by atoms with Crippen LogP contribution in [0, 0.1) is 18.7 Å². The van der Waals surface area contributed by atoms with Gasteiger partial charge in [0.25, 0.3) is 5.56 Å². The minimum absolute atomic E-state index is 0. The summed E-state index contributed by atoms with van der Waals surface area (Å²) in [5.41, 5.74) is 2.65. The van der Waals surface area contributed by atoms with Crippen molar-refractivity contribution in [3.63, 3.8) is 0 Å². The first-order chi connectivity index (χ1) is 10.4. The summed E-state index contributed by atoms with van der Waals surface area (Å²) in [4.78, 5) is 12.4. The number of aryl methyl sites for hydroxylation is 1. The molecule has 0 radical (unpaired) electrons. The standard InChI is InChI=1S/C17H22FN3O.ClH/c1-11(2)10-21-17(22)14(9-19-4)8-16(20-21)13-5-6-15(18)12(3)7-13;/h5-8,11,19H,9-10H2,1-4H3;1H. The van der Waals surface area contributed by atoms with Crippen molar-refractivity contribution in [3.05, 3.63) is 51.6 Å². The summed E-state index contributed by atoms with van der Waals surface area (Å²) in [5, 5.41) is 7.45. The first-order valence-electron chi connectivity index (χ1n) is 7.44. The molecule has 2 rings (SSSR count). The van der Waals surface area contributed by atoms with Crippen LogP contribution in [0.5, 0.6) is 0 Å². The molecule has 0 bridgehead atoms. The molecule has 1 heterocycles. The number of benzene rings is 1. The molecule has 0 spiro atoms. The van der Waals surface area contributed by atoms with Gasteiger partial charge in [0.2, 0.25) is 0 Å². The van der Waals surface area contributed by atoms with Crippen LogP contribution < -0.4 is 10.9 Å². The highest BCUT2D eigenvalue weighted by atomic mass is 35.5. The third kappa shape index (κ3) is 4.62. The summed E-state index contributed by atoms with van der Waals surface area (Å²) in [6, 6.07) is 6.66. The van der Waals surface area contributed by atoms with Crippen molar-refractivity contribution < 1.29 is 4.39 Å². The van der Waals surface area contributed by atoms with Crippen LogP contribution in [0.1, 0.15) is 25.0 Å². The Morgan fingerprint density at radius 3 is 2.57 bits per heavy atom. The molecule has 0 unspecified atom stereocenters. The number of halogens is 2. The van der Waals surface area contributed by atoms with Gasteiger partial charge in [-0.25, -0.2) is 9.07 Å². The van der Waals surface area contributed by atoms with Gasteiger partial charge in [0.05, 0.1) is 5.69 Å². The topological polar surface area (TPSA) is 46.9 Å². The van der Waals surface area contributed by atoms with E-state index in [-0.39, 0.29) is 23.8 Å². The minimum Gasteiger partial charge on any atom is -0.315 e. The Labute approximate surface area is 142 Å². The van der Waals surface area contributed by atoms with E-state index in [1.54, 1.807) is 32.2 Å². The molecule has 1 aromatic heterocycles. The Balaban J connectivity index is 0.00000264. The van der Waals surface area contributed by atoms with E-state index in [1.165, 1.54) is 10.7 Å². The fourth-order valence-corrected chi connectivity index (χ4v) is 2.33. The molecule has 0 amide bonds. The molecule has 0 fully saturated rings. The van der Waals surface area contributed by atoms with Gasteiger partial charge in [-0.05, 0) is 49.7 Å². The predicted molar refractivity (Wildman–Crippen MR) is 93.5 cm³/mol. The lowest BCUT2D eigenvalue weighted by molar-refractivity contribution is 0.461. The zero-order valence-electron chi connectivity index (χ0n) is 13.9. The van der Waals surface area contributed by atoms with Gasteiger partial charge >= 0.3 is 0 Å². The van der Waals surface area contributed by atoms with Crippen molar-refractivity contribution in [2.75, 3.05) is 7.05 Å². The van der Waals surface area contributed by atoms with Crippen LogP contribution in [-0.4, -0.2) is 16.8 Å². The van der Waals surface area contributed by atoms with Crippen molar-refractivity contribution in [1.82, 2.24) is 15.1 Å². The van der Waals surface area contributed by atoms with Gasteiger partial charge in [0.15, 0.2) is 0 Å². The average Bonchev–Trinajstić information content (AvgIpc) is 2.45. The molecule has 0 aliphatic rings. The lowest BCUT2D eigenvalue weighted by Crippen LogP contribution is -2.30. The molecule has 4 nitrogen and oxygen atoms in total. The van der Waals surface area contributed by atoms with Gasteiger partial charge in [-0.1, -0.05) is 13.8 Å². The van der Waals surface area contributed by atoms with Crippen LogP contribution in [0.3, 0.4) is 0 Å². The maximum atomic E-state index is 13.4. The van der Waals surface area contributed by atoms with E-state index < -0.39 is 0 Å². The van der Waals surface area contributed by atoms with Crippen LogP contribution in [0.15, 0.2) is 29.1 Å². The molecule has 0 atom stereocenters. The predicted octanol–water partition coefficient (Wildman–Crippen LogP) is 3.16. The molecule has 0 saturated heterocycles. The van der Waals surface area contributed by atoms with Crippen LogP contribution in [0.2, 0.25) is 0 Å². The molecule has 0 aliphatic heterocycles. The molecular weight excluding hydrogens is 317 g/mol. The SMILES string of the molecule is CNCc1cc(-c2ccc(F)c(C)c2)nn(CC(C)C)c1=O.Cl. The van der Waals surface area contributed by atoms with Gasteiger partial charge in [0, 0.05) is 24.2 Å². The van der Waals surface area contributed by atoms with Gasteiger partial charge in [-0.3, -0.25) is 4.79 Å². The van der Waals surface area contributed by atoms with Crippen LogP contribution in [0.25, 0.3) is 11.3 Å². The second kappa shape index (κ2) is 8.22.